The van der Waals surface area contributed by atoms with Crippen LogP contribution in [0.25, 0.3) is 0 Å². The van der Waals surface area contributed by atoms with Crippen LogP contribution in [0.3, 0.4) is 0 Å². The van der Waals surface area contributed by atoms with Crippen molar-refractivity contribution < 1.29 is 25.9 Å². The quantitative estimate of drug-likeness (QED) is 0.431. The summed E-state index contributed by atoms with van der Waals surface area (Å²) in [4.78, 5) is 11.6. The SMILES string of the molecule is CC.O=C1C=C2CCC3C4CC[CH-]C4CCC3C2CC1.[CH3-].[W+2]. The molecule has 0 bridgehead atoms. The van der Waals surface area contributed by atoms with Gasteiger partial charge in [0.2, 0.25) is 0 Å². The van der Waals surface area contributed by atoms with E-state index >= 15 is 0 Å². The Labute approximate surface area is 152 Å². The largest absolute Gasteiger partial charge is 2.00 e. The fourth-order valence-corrected chi connectivity index (χ4v) is 5.55. The molecule has 0 aromatic rings. The summed E-state index contributed by atoms with van der Waals surface area (Å²) in [5.74, 6) is 5.03. The zero-order valence-corrected chi connectivity index (χ0v) is 17.4. The Bertz CT molecular complexity index is 401. The molecule has 4 aliphatic carbocycles. The third kappa shape index (κ3) is 3.60. The number of carbonyl (C=O) groups is 1. The molecule has 3 saturated carbocycles. The standard InChI is InChI=1S/C17H23O.C2H6.CH3.W/c18-13-6-9-15-12(10-13)5-8-16-14-3-1-2-11(14)4-7-17(15)16;1-2;;/h2,10-11,14-17H,1,3-9H2;1-2H3;1H3;/q-1;;-1;+2. The fourth-order valence-electron chi connectivity index (χ4n) is 5.55. The Kier molecular flexibility index (Phi) is 8.07. The molecular weight excluding hydrogens is 440 g/mol. The maximum Gasteiger partial charge on any atom is 2.00 e. The van der Waals surface area contributed by atoms with Gasteiger partial charge in [0.1, 0.15) is 0 Å². The molecule has 0 spiro atoms. The first-order valence-electron chi connectivity index (χ1n) is 8.89. The van der Waals surface area contributed by atoms with Gasteiger partial charge in [-0.2, -0.15) is 12.3 Å². The van der Waals surface area contributed by atoms with Gasteiger partial charge in [0.15, 0.2) is 5.78 Å². The van der Waals surface area contributed by atoms with Crippen LogP contribution >= 0.6 is 0 Å². The van der Waals surface area contributed by atoms with E-state index in [1.807, 2.05) is 19.9 Å². The molecule has 4 aliphatic rings. The molecule has 0 amide bonds. The van der Waals surface area contributed by atoms with E-state index in [4.69, 9.17) is 0 Å². The van der Waals surface area contributed by atoms with Crippen molar-refractivity contribution in [1.29, 1.82) is 0 Å². The molecule has 5 atom stereocenters. The summed E-state index contributed by atoms with van der Waals surface area (Å²) in [7, 11) is 0. The summed E-state index contributed by atoms with van der Waals surface area (Å²) in [6.45, 7) is 4.00. The monoisotopic (exact) mass is 472 g/mol. The molecule has 0 aromatic heterocycles. The molecule has 3 fully saturated rings. The maximum absolute atomic E-state index is 11.6. The molecule has 22 heavy (non-hydrogen) atoms. The average molecular weight is 472 g/mol. The number of allylic oxidation sites excluding steroid dienone is 1. The number of carbonyl (C=O) groups excluding carboxylic acids is 1. The van der Waals surface area contributed by atoms with Gasteiger partial charge in [-0.15, -0.1) is 0 Å². The van der Waals surface area contributed by atoms with Crippen LogP contribution < -0.4 is 0 Å². The first-order chi connectivity index (χ1) is 9.83. The molecule has 1 nitrogen and oxygen atoms in total. The van der Waals surface area contributed by atoms with Gasteiger partial charge in [0, 0.05) is 6.42 Å². The zero-order valence-electron chi connectivity index (χ0n) is 14.5. The number of hydrogen-bond acceptors (Lipinski definition) is 1. The summed E-state index contributed by atoms with van der Waals surface area (Å²) in [5.41, 5.74) is 1.52. The fraction of sp³-hybridized carbons (Fsp3) is 0.750. The summed E-state index contributed by atoms with van der Waals surface area (Å²) < 4.78 is 0. The van der Waals surface area contributed by atoms with E-state index in [1.54, 1.807) is 0 Å². The second-order valence-corrected chi connectivity index (χ2v) is 6.92. The van der Waals surface area contributed by atoms with Gasteiger partial charge in [-0.05, 0) is 43.1 Å². The molecular formula is C20H32OW. The van der Waals surface area contributed by atoms with Crippen molar-refractivity contribution in [3.05, 3.63) is 25.5 Å². The number of fused-ring (bicyclic) bond motifs is 5. The van der Waals surface area contributed by atoms with Crippen molar-refractivity contribution in [1.82, 2.24) is 0 Å². The van der Waals surface area contributed by atoms with Crippen LogP contribution in [0.15, 0.2) is 11.6 Å². The number of rotatable bonds is 0. The number of ketones is 1. The van der Waals surface area contributed by atoms with E-state index in [0.717, 1.165) is 42.4 Å². The van der Waals surface area contributed by atoms with E-state index < -0.39 is 0 Å². The Morgan fingerprint density at radius 3 is 2.50 bits per heavy atom. The summed E-state index contributed by atoms with van der Waals surface area (Å²) in [6, 6.07) is 0. The van der Waals surface area contributed by atoms with Crippen LogP contribution in [0.2, 0.25) is 0 Å². The van der Waals surface area contributed by atoms with Crippen molar-refractivity contribution >= 4 is 5.78 Å². The summed E-state index contributed by atoms with van der Waals surface area (Å²) in [6.07, 6.45) is 14.9. The Morgan fingerprint density at radius 2 is 1.73 bits per heavy atom. The summed E-state index contributed by atoms with van der Waals surface area (Å²) in [5, 5.41) is 0. The van der Waals surface area contributed by atoms with Crippen molar-refractivity contribution in [3.8, 4) is 0 Å². The predicted octanol–water partition coefficient (Wildman–Crippen LogP) is 5.42. The molecule has 0 aliphatic heterocycles. The van der Waals surface area contributed by atoms with Crippen molar-refractivity contribution in [2.24, 2.45) is 29.6 Å². The second kappa shape index (κ2) is 8.81. The predicted molar refractivity (Wildman–Crippen MR) is 89.5 cm³/mol. The van der Waals surface area contributed by atoms with Gasteiger partial charge < -0.3 is 13.8 Å². The van der Waals surface area contributed by atoms with Crippen LogP contribution in [0.1, 0.15) is 65.2 Å². The first-order valence-corrected chi connectivity index (χ1v) is 8.89. The molecule has 0 N–H and O–H groups in total. The smallest absolute Gasteiger partial charge is 0.358 e. The van der Waals surface area contributed by atoms with Crippen LogP contribution in [0.5, 0.6) is 0 Å². The van der Waals surface area contributed by atoms with Gasteiger partial charge in [0.05, 0.1) is 0 Å². The Hall–Kier alpha value is 0.0983. The molecule has 0 radical (unpaired) electrons. The van der Waals surface area contributed by atoms with E-state index in [-0.39, 0.29) is 28.5 Å². The van der Waals surface area contributed by atoms with E-state index in [1.165, 1.54) is 44.1 Å². The van der Waals surface area contributed by atoms with E-state index in [0.29, 0.717) is 5.78 Å². The van der Waals surface area contributed by atoms with Crippen LogP contribution in [0, 0.1) is 43.4 Å². The minimum absolute atomic E-state index is 0. The van der Waals surface area contributed by atoms with Gasteiger partial charge in [0.25, 0.3) is 0 Å². The zero-order chi connectivity index (χ0) is 14.1. The van der Waals surface area contributed by atoms with E-state index in [9.17, 15) is 4.79 Å². The van der Waals surface area contributed by atoms with Gasteiger partial charge >= 0.3 is 21.1 Å². The summed E-state index contributed by atoms with van der Waals surface area (Å²) >= 11 is 0. The van der Waals surface area contributed by atoms with Crippen molar-refractivity contribution in [2.45, 2.75) is 65.2 Å². The minimum atomic E-state index is 0. The molecule has 4 rings (SSSR count). The Balaban J connectivity index is 0.000000583. The first kappa shape index (κ1) is 20.1. The Morgan fingerprint density at radius 1 is 0.955 bits per heavy atom. The van der Waals surface area contributed by atoms with Crippen LogP contribution in [-0.2, 0) is 25.9 Å². The van der Waals surface area contributed by atoms with Gasteiger partial charge in [-0.25, -0.2) is 0 Å². The normalized spacial score (nSPS) is 38.7. The topological polar surface area (TPSA) is 17.1 Å². The number of hydrogen-bond donors (Lipinski definition) is 0. The van der Waals surface area contributed by atoms with Crippen LogP contribution in [-0.4, -0.2) is 5.78 Å². The molecule has 0 heterocycles. The molecule has 5 unspecified atom stereocenters. The third-order valence-electron chi connectivity index (χ3n) is 6.26. The molecule has 0 saturated heterocycles. The minimum Gasteiger partial charge on any atom is -0.358 e. The maximum atomic E-state index is 11.6. The third-order valence-corrected chi connectivity index (χ3v) is 6.26. The van der Waals surface area contributed by atoms with Crippen molar-refractivity contribution in [2.75, 3.05) is 0 Å². The van der Waals surface area contributed by atoms with Gasteiger partial charge in [-0.1, -0.05) is 44.6 Å². The molecule has 2 heteroatoms. The molecule has 0 aromatic carbocycles. The second-order valence-electron chi connectivity index (χ2n) is 6.92. The van der Waals surface area contributed by atoms with Gasteiger partial charge in [-0.3, -0.25) is 4.79 Å². The van der Waals surface area contributed by atoms with E-state index in [2.05, 4.69) is 6.42 Å². The average Bonchev–Trinajstić information content (AvgIpc) is 2.97. The molecule has 124 valence electrons. The van der Waals surface area contributed by atoms with Crippen molar-refractivity contribution in [3.63, 3.8) is 0 Å². The van der Waals surface area contributed by atoms with Crippen LogP contribution in [0.4, 0.5) is 0 Å².